The van der Waals surface area contributed by atoms with E-state index in [1.807, 2.05) is 48.4 Å². The highest BCUT2D eigenvalue weighted by Crippen LogP contribution is 2.26. The molecule has 0 radical (unpaired) electrons. The quantitative estimate of drug-likeness (QED) is 0.815. The summed E-state index contributed by atoms with van der Waals surface area (Å²) < 4.78 is 1.03. The number of rotatable bonds is 5. The topological polar surface area (TPSA) is 33.2 Å². The normalized spacial score (nSPS) is 10.6. The summed E-state index contributed by atoms with van der Waals surface area (Å²) in [5.74, 6) is 0.140. The summed E-state index contributed by atoms with van der Waals surface area (Å²) in [7, 11) is 0. The lowest BCUT2D eigenvalue weighted by atomic mass is 10.2. The van der Waals surface area contributed by atoms with Gasteiger partial charge in [0.25, 0.3) is 0 Å². The van der Waals surface area contributed by atoms with Crippen molar-refractivity contribution < 1.29 is 4.79 Å². The maximum atomic E-state index is 12.1. The van der Waals surface area contributed by atoms with Crippen molar-refractivity contribution in [3.8, 4) is 10.6 Å². The maximum absolute atomic E-state index is 12.1. The standard InChI is InChI=1S/C15H17BrN2OS/c1-3-18(4-2)14(19)9-13-10-20-15(17-13)11-6-5-7-12(16)8-11/h5-8,10H,3-4,9H2,1-2H3. The maximum Gasteiger partial charge on any atom is 0.228 e. The minimum Gasteiger partial charge on any atom is -0.343 e. The second-order valence-electron chi connectivity index (χ2n) is 4.40. The molecule has 0 atom stereocenters. The fourth-order valence-electron chi connectivity index (χ4n) is 1.99. The Bertz CT molecular complexity index is 593. The number of thiazole rings is 1. The van der Waals surface area contributed by atoms with Gasteiger partial charge >= 0.3 is 0 Å². The molecule has 0 spiro atoms. The molecule has 0 saturated carbocycles. The lowest BCUT2D eigenvalue weighted by Gasteiger charge is -2.17. The van der Waals surface area contributed by atoms with Gasteiger partial charge < -0.3 is 4.90 Å². The predicted molar refractivity (Wildman–Crippen MR) is 86.9 cm³/mol. The summed E-state index contributed by atoms with van der Waals surface area (Å²) in [6, 6.07) is 8.04. The van der Waals surface area contributed by atoms with Crippen LogP contribution in [0.15, 0.2) is 34.1 Å². The Labute approximate surface area is 131 Å². The van der Waals surface area contributed by atoms with E-state index in [1.165, 1.54) is 0 Å². The molecule has 0 bridgehead atoms. The summed E-state index contributed by atoms with van der Waals surface area (Å²) >= 11 is 5.04. The summed E-state index contributed by atoms with van der Waals surface area (Å²) in [5.41, 5.74) is 1.92. The van der Waals surface area contributed by atoms with Crippen molar-refractivity contribution in [1.82, 2.24) is 9.88 Å². The number of aromatic nitrogens is 1. The Morgan fingerprint density at radius 2 is 2.10 bits per heavy atom. The number of benzene rings is 1. The summed E-state index contributed by atoms with van der Waals surface area (Å²) in [5, 5.41) is 2.92. The zero-order valence-electron chi connectivity index (χ0n) is 11.6. The number of hydrogen-bond donors (Lipinski definition) is 0. The van der Waals surface area contributed by atoms with Gasteiger partial charge in [0.1, 0.15) is 5.01 Å². The van der Waals surface area contributed by atoms with Crippen LogP contribution in [0.3, 0.4) is 0 Å². The Morgan fingerprint density at radius 1 is 1.35 bits per heavy atom. The molecule has 1 heterocycles. The number of carbonyl (C=O) groups excluding carboxylic acids is 1. The minimum absolute atomic E-state index is 0.140. The van der Waals surface area contributed by atoms with E-state index in [9.17, 15) is 4.79 Å². The Balaban J connectivity index is 2.11. The molecule has 0 aliphatic carbocycles. The van der Waals surface area contributed by atoms with Crippen molar-refractivity contribution in [2.45, 2.75) is 20.3 Å². The molecular formula is C15H17BrN2OS. The van der Waals surface area contributed by atoms with Crippen LogP contribution in [-0.2, 0) is 11.2 Å². The van der Waals surface area contributed by atoms with Crippen molar-refractivity contribution in [3.63, 3.8) is 0 Å². The number of hydrogen-bond acceptors (Lipinski definition) is 3. The molecule has 0 unspecified atom stereocenters. The largest absolute Gasteiger partial charge is 0.343 e. The van der Waals surface area contributed by atoms with Crippen LogP contribution in [0.1, 0.15) is 19.5 Å². The van der Waals surface area contributed by atoms with Gasteiger partial charge in [-0.3, -0.25) is 4.79 Å². The van der Waals surface area contributed by atoms with Crippen LogP contribution < -0.4 is 0 Å². The van der Waals surface area contributed by atoms with Gasteiger partial charge in [-0.2, -0.15) is 0 Å². The second-order valence-corrected chi connectivity index (χ2v) is 6.17. The lowest BCUT2D eigenvalue weighted by molar-refractivity contribution is -0.130. The van der Waals surface area contributed by atoms with Gasteiger partial charge in [-0.05, 0) is 26.0 Å². The van der Waals surface area contributed by atoms with E-state index >= 15 is 0 Å². The van der Waals surface area contributed by atoms with Crippen molar-refractivity contribution >= 4 is 33.2 Å². The monoisotopic (exact) mass is 352 g/mol. The smallest absolute Gasteiger partial charge is 0.228 e. The van der Waals surface area contributed by atoms with Gasteiger partial charge in [0, 0.05) is 28.5 Å². The van der Waals surface area contributed by atoms with E-state index < -0.39 is 0 Å². The molecule has 0 fully saturated rings. The van der Waals surface area contributed by atoms with Crippen LogP contribution in [0.25, 0.3) is 10.6 Å². The third kappa shape index (κ3) is 3.67. The van der Waals surface area contributed by atoms with Gasteiger partial charge in [-0.1, -0.05) is 28.1 Å². The van der Waals surface area contributed by atoms with E-state index in [0.29, 0.717) is 6.42 Å². The highest BCUT2D eigenvalue weighted by atomic mass is 79.9. The average molecular weight is 353 g/mol. The SMILES string of the molecule is CCN(CC)C(=O)Cc1csc(-c2cccc(Br)c2)n1. The molecule has 2 rings (SSSR count). The number of carbonyl (C=O) groups is 1. The summed E-state index contributed by atoms with van der Waals surface area (Å²) in [4.78, 5) is 18.5. The molecule has 0 aliphatic heterocycles. The first kappa shape index (κ1) is 15.2. The van der Waals surface area contributed by atoms with Crippen LogP contribution in [0.5, 0.6) is 0 Å². The zero-order chi connectivity index (χ0) is 14.5. The predicted octanol–water partition coefficient (Wildman–Crippen LogP) is 3.98. The first-order valence-corrected chi connectivity index (χ1v) is 8.29. The number of nitrogens with zero attached hydrogens (tertiary/aromatic N) is 2. The van der Waals surface area contributed by atoms with Crippen LogP contribution in [-0.4, -0.2) is 28.9 Å². The van der Waals surface area contributed by atoms with Gasteiger partial charge in [-0.25, -0.2) is 4.98 Å². The fraction of sp³-hybridized carbons (Fsp3) is 0.333. The molecule has 3 nitrogen and oxygen atoms in total. The fourth-order valence-corrected chi connectivity index (χ4v) is 3.20. The number of likely N-dealkylation sites (N-methyl/N-ethyl adjacent to an activating group) is 1. The Morgan fingerprint density at radius 3 is 2.75 bits per heavy atom. The van der Waals surface area contributed by atoms with Gasteiger partial charge in [0.15, 0.2) is 0 Å². The zero-order valence-corrected chi connectivity index (χ0v) is 14.0. The molecule has 0 aliphatic rings. The van der Waals surface area contributed by atoms with Crippen molar-refractivity contribution in [2.24, 2.45) is 0 Å². The molecule has 1 aromatic carbocycles. The Kier molecular flexibility index (Phi) is 5.31. The Hall–Kier alpha value is -1.20. The summed E-state index contributed by atoms with van der Waals surface area (Å²) in [6.45, 7) is 5.49. The van der Waals surface area contributed by atoms with Crippen molar-refractivity contribution in [1.29, 1.82) is 0 Å². The minimum atomic E-state index is 0.140. The second kappa shape index (κ2) is 6.99. The number of halogens is 1. The van der Waals surface area contributed by atoms with E-state index in [4.69, 9.17) is 0 Å². The molecule has 1 aromatic heterocycles. The van der Waals surface area contributed by atoms with Crippen LogP contribution in [0.2, 0.25) is 0 Å². The van der Waals surface area contributed by atoms with Crippen molar-refractivity contribution in [3.05, 3.63) is 39.8 Å². The van der Waals surface area contributed by atoms with E-state index in [0.717, 1.165) is 33.8 Å². The van der Waals surface area contributed by atoms with Crippen LogP contribution in [0.4, 0.5) is 0 Å². The third-order valence-electron chi connectivity index (χ3n) is 3.07. The molecule has 1 amide bonds. The number of amides is 1. The van der Waals surface area contributed by atoms with E-state index in [1.54, 1.807) is 11.3 Å². The average Bonchev–Trinajstić information content (AvgIpc) is 2.88. The molecule has 0 N–H and O–H groups in total. The highest BCUT2D eigenvalue weighted by molar-refractivity contribution is 9.10. The molecule has 5 heteroatoms. The first-order chi connectivity index (χ1) is 9.63. The van der Waals surface area contributed by atoms with E-state index in [-0.39, 0.29) is 5.91 Å². The molecule has 0 saturated heterocycles. The molecule has 106 valence electrons. The molecule has 2 aromatic rings. The third-order valence-corrected chi connectivity index (χ3v) is 4.51. The van der Waals surface area contributed by atoms with E-state index in [2.05, 4.69) is 20.9 Å². The van der Waals surface area contributed by atoms with Crippen molar-refractivity contribution in [2.75, 3.05) is 13.1 Å². The molecule has 20 heavy (non-hydrogen) atoms. The van der Waals surface area contributed by atoms with Gasteiger partial charge in [0.05, 0.1) is 12.1 Å². The van der Waals surface area contributed by atoms with Crippen LogP contribution in [0, 0.1) is 0 Å². The van der Waals surface area contributed by atoms with Gasteiger partial charge in [0.2, 0.25) is 5.91 Å². The summed E-state index contributed by atoms with van der Waals surface area (Å²) in [6.07, 6.45) is 0.381. The lowest BCUT2D eigenvalue weighted by Crippen LogP contribution is -2.31. The van der Waals surface area contributed by atoms with Crippen LogP contribution >= 0.6 is 27.3 Å². The highest BCUT2D eigenvalue weighted by Gasteiger charge is 2.13. The van der Waals surface area contributed by atoms with Gasteiger partial charge in [-0.15, -0.1) is 11.3 Å². The molecular weight excluding hydrogens is 336 g/mol. The first-order valence-electron chi connectivity index (χ1n) is 6.62.